The summed E-state index contributed by atoms with van der Waals surface area (Å²) in [5, 5.41) is 14.9. The molecular weight excluding hydrogens is 465 g/mol. The third kappa shape index (κ3) is 3.60. The van der Waals surface area contributed by atoms with Crippen LogP contribution in [0.15, 0.2) is 78.9 Å². The van der Waals surface area contributed by atoms with Crippen LogP contribution in [-0.2, 0) is 16.6 Å². The lowest BCUT2D eigenvalue weighted by Crippen LogP contribution is -2.46. The molecule has 2 aliphatic carbocycles. The van der Waals surface area contributed by atoms with Crippen LogP contribution < -0.4 is 0 Å². The highest BCUT2D eigenvalue weighted by molar-refractivity contribution is 6.02. The SMILES string of the molecule is C[C@H]1C(=O)C(C#N)=C[C@@]2(C)c3c(c(-c4ccncc4)nn3-c3ccc(-c4cncc(F)c4)cc3)CC[C@H]12. The molecule has 3 heterocycles. The van der Waals surface area contributed by atoms with Gasteiger partial charge in [0.15, 0.2) is 5.78 Å². The predicted octanol–water partition coefficient (Wildman–Crippen LogP) is 5.62. The highest BCUT2D eigenvalue weighted by atomic mass is 19.1. The summed E-state index contributed by atoms with van der Waals surface area (Å²) < 4.78 is 15.7. The van der Waals surface area contributed by atoms with Gasteiger partial charge in [-0.15, -0.1) is 0 Å². The van der Waals surface area contributed by atoms with Crippen molar-refractivity contribution in [3.63, 3.8) is 0 Å². The van der Waals surface area contributed by atoms with E-state index in [9.17, 15) is 14.4 Å². The number of benzene rings is 1. The van der Waals surface area contributed by atoms with Crippen LogP contribution in [0.1, 0.15) is 31.5 Å². The number of hydrogen-bond acceptors (Lipinski definition) is 5. The topological polar surface area (TPSA) is 84.5 Å². The maximum absolute atomic E-state index is 13.7. The fourth-order valence-corrected chi connectivity index (χ4v) is 6.14. The van der Waals surface area contributed by atoms with Crippen molar-refractivity contribution in [1.29, 1.82) is 5.26 Å². The minimum Gasteiger partial charge on any atom is -0.293 e. The van der Waals surface area contributed by atoms with Gasteiger partial charge in [0.25, 0.3) is 0 Å². The summed E-state index contributed by atoms with van der Waals surface area (Å²) >= 11 is 0. The fourth-order valence-electron chi connectivity index (χ4n) is 6.14. The number of halogens is 1. The van der Waals surface area contributed by atoms with Gasteiger partial charge in [0, 0.05) is 46.6 Å². The molecule has 0 amide bonds. The zero-order chi connectivity index (χ0) is 25.7. The van der Waals surface area contributed by atoms with E-state index in [1.165, 1.54) is 12.3 Å². The quantitative estimate of drug-likeness (QED) is 0.373. The van der Waals surface area contributed by atoms with Crippen LogP contribution >= 0.6 is 0 Å². The Labute approximate surface area is 214 Å². The van der Waals surface area contributed by atoms with Crippen LogP contribution in [0.4, 0.5) is 4.39 Å². The van der Waals surface area contributed by atoms with Crippen LogP contribution in [0.3, 0.4) is 0 Å². The molecule has 0 N–H and O–H groups in total. The maximum atomic E-state index is 13.7. The molecule has 0 aliphatic heterocycles. The molecule has 0 radical (unpaired) electrons. The van der Waals surface area contributed by atoms with Crippen molar-refractivity contribution in [2.24, 2.45) is 11.8 Å². The first kappa shape index (κ1) is 23.0. The Balaban J connectivity index is 1.56. The first-order valence-corrected chi connectivity index (χ1v) is 12.3. The Morgan fingerprint density at radius 2 is 1.81 bits per heavy atom. The summed E-state index contributed by atoms with van der Waals surface area (Å²) in [5.74, 6) is -0.664. The lowest BCUT2D eigenvalue weighted by molar-refractivity contribution is -0.121. The van der Waals surface area contributed by atoms with Crippen LogP contribution in [0, 0.1) is 29.0 Å². The van der Waals surface area contributed by atoms with Crippen molar-refractivity contribution in [1.82, 2.24) is 19.7 Å². The number of pyridine rings is 2. The van der Waals surface area contributed by atoms with Gasteiger partial charge in [-0.3, -0.25) is 14.8 Å². The molecule has 182 valence electrons. The summed E-state index contributed by atoms with van der Waals surface area (Å²) in [6.45, 7) is 4.06. The standard InChI is InChI=1S/C30H24FN5O/c1-18-26-8-7-25-27(20-9-11-33-12-10-20)35-36(29(25)30(26,2)14-22(15-32)28(18)37)24-5-3-19(4-6-24)21-13-23(31)17-34-16-21/h3-6,9-14,16-18,26H,7-8H2,1-2H3/t18-,26-,30-/m1/s1. The smallest absolute Gasteiger partial charge is 0.176 e. The average molecular weight is 490 g/mol. The molecule has 0 unspecified atom stereocenters. The summed E-state index contributed by atoms with van der Waals surface area (Å²) in [6, 6.07) is 15.3. The van der Waals surface area contributed by atoms with E-state index >= 15 is 0 Å². The molecule has 6 rings (SSSR count). The van der Waals surface area contributed by atoms with Crippen LogP contribution in [-0.4, -0.2) is 25.5 Å². The number of carbonyl (C=O) groups is 1. The van der Waals surface area contributed by atoms with Crippen molar-refractivity contribution in [2.75, 3.05) is 0 Å². The summed E-state index contributed by atoms with van der Waals surface area (Å²) in [4.78, 5) is 21.0. The minimum absolute atomic E-state index is 0.0583. The van der Waals surface area contributed by atoms with Crippen LogP contribution in [0.25, 0.3) is 28.1 Å². The highest BCUT2D eigenvalue weighted by Crippen LogP contribution is 2.52. The maximum Gasteiger partial charge on any atom is 0.176 e. The molecule has 0 saturated heterocycles. The molecule has 1 aromatic carbocycles. The second-order valence-corrected chi connectivity index (χ2v) is 10.0. The summed E-state index contributed by atoms with van der Waals surface area (Å²) in [5.41, 5.74) is 6.04. The molecule has 0 fully saturated rings. The van der Waals surface area contributed by atoms with Gasteiger partial charge in [0.2, 0.25) is 0 Å². The molecule has 0 bridgehead atoms. The van der Waals surface area contributed by atoms with Gasteiger partial charge in [-0.1, -0.05) is 32.1 Å². The molecule has 0 spiro atoms. The van der Waals surface area contributed by atoms with Gasteiger partial charge < -0.3 is 0 Å². The van der Waals surface area contributed by atoms with E-state index in [0.717, 1.165) is 46.6 Å². The largest absolute Gasteiger partial charge is 0.293 e. The third-order valence-corrected chi connectivity index (χ3v) is 7.92. The fraction of sp³-hybridized carbons (Fsp3) is 0.233. The van der Waals surface area contributed by atoms with Gasteiger partial charge in [0.1, 0.15) is 11.9 Å². The molecule has 4 aromatic rings. The van der Waals surface area contributed by atoms with Crippen LogP contribution in [0.2, 0.25) is 0 Å². The molecular formula is C30H24FN5O. The van der Waals surface area contributed by atoms with Crippen molar-refractivity contribution >= 4 is 5.78 Å². The Morgan fingerprint density at radius 1 is 1.05 bits per heavy atom. The monoisotopic (exact) mass is 489 g/mol. The van der Waals surface area contributed by atoms with Gasteiger partial charge in [-0.25, -0.2) is 9.07 Å². The Bertz CT molecular complexity index is 1600. The Kier molecular flexibility index (Phi) is 5.34. The first-order chi connectivity index (χ1) is 17.9. The zero-order valence-corrected chi connectivity index (χ0v) is 20.5. The second-order valence-electron chi connectivity index (χ2n) is 10.0. The number of Topliss-reactive ketones (excluding diaryl/α,β-unsaturated/α-hetero) is 1. The number of nitrogens with zero attached hydrogens (tertiary/aromatic N) is 5. The van der Waals surface area contributed by atoms with Gasteiger partial charge >= 0.3 is 0 Å². The van der Waals surface area contributed by atoms with E-state index in [0.29, 0.717) is 5.56 Å². The molecule has 0 saturated carbocycles. The lowest BCUT2D eigenvalue weighted by Gasteiger charge is -2.45. The van der Waals surface area contributed by atoms with Crippen molar-refractivity contribution in [2.45, 2.75) is 32.1 Å². The molecule has 3 atom stereocenters. The molecule has 3 aromatic heterocycles. The normalized spacial score (nSPS) is 22.5. The van der Waals surface area contributed by atoms with E-state index in [4.69, 9.17) is 5.10 Å². The molecule has 37 heavy (non-hydrogen) atoms. The van der Waals surface area contributed by atoms with Gasteiger partial charge in [-0.2, -0.15) is 10.4 Å². The van der Waals surface area contributed by atoms with Crippen molar-refractivity contribution < 1.29 is 9.18 Å². The number of allylic oxidation sites excluding steroid dienone is 2. The summed E-state index contributed by atoms with van der Waals surface area (Å²) in [6.07, 6.45) is 9.81. The number of nitriles is 1. The van der Waals surface area contributed by atoms with E-state index < -0.39 is 5.41 Å². The van der Waals surface area contributed by atoms with Crippen LogP contribution in [0.5, 0.6) is 0 Å². The van der Waals surface area contributed by atoms with Gasteiger partial charge in [-0.05, 0) is 54.7 Å². The van der Waals surface area contributed by atoms with E-state index in [-0.39, 0.29) is 29.0 Å². The Hall–Kier alpha value is -4.44. The summed E-state index contributed by atoms with van der Waals surface area (Å²) in [7, 11) is 0. The molecule has 6 nitrogen and oxygen atoms in total. The number of fused-ring (bicyclic) bond motifs is 3. The zero-order valence-electron chi connectivity index (χ0n) is 20.5. The number of carbonyl (C=O) groups excluding carboxylic acids is 1. The van der Waals surface area contributed by atoms with Gasteiger partial charge in [0.05, 0.1) is 28.8 Å². The molecule has 7 heteroatoms. The highest BCUT2D eigenvalue weighted by Gasteiger charge is 2.50. The first-order valence-electron chi connectivity index (χ1n) is 12.3. The number of aromatic nitrogens is 4. The molecule has 2 aliphatic rings. The average Bonchev–Trinajstić information content (AvgIpc) is 3.32. The van der Waals surface area contributed by atoms with Crippen molar-refractivity contribution in [3.8, 4) is 34.1 Å². The third-order valence-electron chi connectivity index (χ3n) is 7.92. The number of rotatable bonds is 3. The minimum atomic E-state index is -0.546. The number of hydrogen-bond donors (Lipinski definition) is 0. The second kappa shape index (κ2) is 8.59. The number of ketones is 1. The lowest BCUT2D eigenvalue weighted by atomic mass is 9.57. The van der Waals surface area contributed by atoms with E-state index in [2.05, 4.69) is 23.0 Å². The van der Waals surface area contributed by atoms with E-state index in [1.807, 2.05) is 54.1 Å². The predicted molar refractivity (Wildman–Crippen MR) is 137 cm³/mol. The van der Waals surface area contributed by atoms with E-state index in [1.54, 1.807) is 18.6 Å². The van der Waals surface area contributed by atoms with Crippen molar-refractivity contribution in [3.05, 3.63) is 96.0 Å². The Morgan fingerprint density at radius 3 is 2.51 bits per heavy atom.